The van der Waals surface area contributed by atoms with Crippen molar-refractivity contribution in [3.05, 3.63) is 17.6 Å². The molecule has 88 valence electrons. The first kappa shape index (κ1) is 12.4. The summed E-state index contributed by atoms with van der Waals surface area (Å²) in [7, 11) is 0. The molecule has 0 unspecified atom stereocenters. The van der Waals surface area contributed by atoms with E-state index in [0.29, 0.717) is 12.4 Å². The van der Waals surface area contributed by atoms with Crippen LogP contribution in [0.1, 0.15) is 37.0 Å². The number of nitrogens with two attached hydrogens (primary N) is 1. The van der Waals surface area contributed by atoms with Crippen molar-refractivity contribution in [1.82, 2.24) is 9.97 Å². The largest absolute Gasteiger partial charge is 0.477 e. The maximum atomic E-state index is 10.7. The van der Waals surface area contributed by atoms with E-state index >= 15 is 0 Å². The molecule has 0 aliphatic heterocycles. The van der Waals surface area contributed by atoms with Crippen molar-refractivity contribution in [3.63, 3.8) is 0 Å². The van der Waals surface area contributed by atoms with E-state index in [2.05, 4.69) is 9.97 Å². The number of hydrogen-bond acceptors (Lipinski definition) is 5. The fraction of sp³-hybridized carbons (Fsp3) is 0.500. The first-order valence-corrected chi connectivity index (χ1v) is 4.88. The third kappa shape index (κ3) is 2.46. The monoisotopic (exact) mass is 225 g/mol. The quantitative estimate of drug-likeness (QED) is 0.794. The molecular weight excluding hydrogens is 210 g/mol. The van der Waals surface area contributed by atoms with Crippen molar-refractivity contribution in [1.29, 1.82) is 0 Å². The molecule has 0 aromatic carbocycles. The predicted molar refractivity (Wildman–Crippen MR) is 58.1 cm³/mol. The van der Waals surface area contributed by atoms with Crippen LogP contribution in [0.15, 0.2) is 6.20 Å². The molecule has 6 heteroatoms. The van der Waals surface area contributed by atoms with Crippen LogP contribution >= 0.6 is 0 Å². The van der Waals surface area contributed by atoms with Crippen molar-refractivity contribution >= 4 is 11.8 Å². The molecule has 0 saturated heterocycles. The number of anilines is 1. The normalized spacial score (nSPS) is 11.4. The van der Waals surface area contributed by atoms with E-state index in [1.807, 2.05) is 6.92 Å². The van der Waals surface area contributed by atoms with Crippen molar-refractivity contribution in [3.8, 4) is 0 Å². The highest BCUT2D eigenvalue weighted by Gasteiger charge is 2.25. The van der Waals surface area contributed by atoms with Crippen LogP contribution < -0.4 is 5.73 Å². The van der Waals surface area contributed by atoms with Gasteiger partial charge in [0, 0.05) is 12.8 Å². The molecule has 0 aliphatic carbocycles. The van der Waals surface area contributed by atoms with E-state index in [0.717, 1.165) is 0 Å². The number of carboxylic acid groups (broad SMARTS) is 1. The summed E-state index contributed by atoms with van der Waals surface area (Å²) in [5.41, 5.74) is 4.75. The van der Waals surface area contributed by atoms with Gasteiger partial charge in [0.15, 0.2) is 5.82 Å². The van der Waals surface area contributed by atoms with E-state index in [1.54, 1.807) is 13.8 Å². The molecule has 0 atom stereocenters. The number of aromatic carboxylic acids is 1. The Labute approximate surface area is 93.5 Å². The molecule has 1 aromatic heterocycles. The van der Waals surface area contributed by atoms with Gasteiger partial charge < -0.3 is 15.6 Å². The summed E-state index contributed by atoms with van der Waals surface area (Å²) >= 11 is 0. The number of rotatable bonds is 4. The highest BCUT2D eigenvalue weighted by atomic mass is 16.5. The molecule has 0 fully saturated rings. The van der Waals surface area contributed by atoms with Gasteiger partial charge in [-0.1, -0.05) is 0 Å². The maximum Gasteiger partial charge on any atom is 0.341 e. The zero-order valence-electron chi connectivity index (χ0n) is 9.52. The standard InChI is InChI=1S/C10H15N3O3/c1-4-16-10(2,3)9-12-5-6(8(14)15)7(11)13-9/h5H,4H2,1-3H3,(H,14,15)(H2,11,12,13). The van der Waals surface area contributed by atoms with Crippen LogP contribution in [0, 0.1) is 0 Å². The van der Waals surface area contributed by atoms with Crippen LogP contribution in [0.3, 0.4) is 0 Å². The summed E-state index contributed by atoms with van der Waals surface area (Å²) in [5.74, 6) is -0.819. The Bertz CT molecular complexity index is 404. The first-order chi connectivity index (χ1) is 7.38. The van der Waals surface area contributed by atoms with Crippen LogP contribution in [0.5, 0.6) is 0 Å². The average Bonchev–Trinajstić information content (AvgIpc) is 2.16. The molecule has 0 spiro atoms. The molecule has 0 bridgehead atoms. The van der Waals surface area contributed by atoms with E-state index in [1.165, 1.54) is 6.20 Å². The van der Waals surface area contributed by atoms with Crippen molar-refractivity contribution in [2.75, 3.05) is 12.3 Å². The second-order valence-corrected chi connectivity index (χ2v) is 3.74. The molecule has 3 N–H and O–H groups in total. The highest BCUT2D eigenvalue weighted by molar-refractivity contribution is 5.92. The number of aromatic nitrogens is 2. The smallest absolute Gasteiger partial charge is 0.341 e. The number of nitrogen functional groups attached to an aromatic ring is 1. The van der Waals surface area contributed by atoms with E-state index in [4.69, 9.17) is 15.6 Å². The lowest BCUT2D eigenvalue weighted by atomic mass is 10.1. The molecular formula is C10H15N3O3. The lowest BCUT2D eigenvalue weighted by Gasteiger charge is -2.23. The minimum atomic E-state index is -1.14. The molecule has 1 aromatic rings. The topological polar surface area (TPSA) is 98.3 Å². The molecule has 0 aliphatic rings. The Morgan fingerprint density at radius 2 is 2.25 bits per heavy atom. The van der Waals surface area contributed by atoms with Crippen LogP contribution in [0.4, 0.5) is 5.82 Å². The SMILES string of the molecule is CCOC(C)(C)c1ncc(C(=O)O)c(N)n1. The summed E-state index contributed by atoms with van der Waals surface area (Å²) in [6, 6.07) is 0. The number of hydrogen-bond donors (Lipinski definition) is 2. The molecule has 0 radical (unpaired) electrons. The lowest BCUT2D eigenvalue weighted by Crippen LogP contribution is -2.25. The third-order valence-electron chi connectivity index (χ3n) is 2.09. The van der Waals surface area contributed by atoms with Gasteiger partial charge in [-0.25, -0.2) is 14.8 Å². The Morgan fingerprint density at radius 3 is 2.69 bits per heavy atom. The van der Waals surface area contributed by atoms with Gasteiger partial charge in [-0.2, -0.15) is 0 Å². The molecule has 1 rings (SSSR count). The second-order valence-electron chi connectivity index (χ2n) is 3.74. The summed E-state index contributed by atoms with van der Waals surface area (Å²) < 4.78 is 5.44. The molecule has 0 amide bonds. The highest BCUT2D eigenvalue weighted by Crippen LogP contribution is 2.22. The summed E-state index contributed by atoms with van der Waals surface area (Å²) in [6.07, 6.45) is 1.20. The van der Waals surface area contributed by atoms with Gasteiger partial charge in [0.05, 0.1) is 0 Å². The number of carboxylic acids is 1. The van der Waals surface area contributed by atoms with Gasteiger partial charge in [0.25, 0.3) is 0 Å². The van der Waals surface area contributed by atoms with Crippen LogP contribution in [-0.2, 0) is 10.3 Å². The summed E-state index contributed by atoms with van der Waals surface area (Å²) in [5, 5.41) is 8.77. The minimum Gasteiger partial charge on any atom is -0.477 e. The van der Waals surface area contributed by atoms with Crippen LogP contribution in [0.2, 0.25) is 0 Å². The number of carbonyl (C=O) groups is 1. The zero-order chi connectivity index (χ0) is 12.3. The zero-order valence-corrected chi connectivity index (χ0v) is 9.52. The minimum absolute atomic E-state index is 0.0507. The van der Waals surface area contributed by atoms with Crippen molar-refractivity contribution in [2.24, 2.45) is 0 Å². The Balaban J connectivity index is 3.10. The maximum absolute atomic E-state index is 10.7. The van der Waals surface area contributed by atoms with Gasteiger partial charge in [0.1, 0.15) is 17.0 Å². The average molecular weight is 225 g/mol. The van der Waals surface area contributed by atoms with Crippen LogP contribution in [0.25, 0.3) is 0 Å². The van der Waals surface area contributed by atoms with E-state index in [9.17, 15) is 4.79 Å². The number of nitrogens with zero attached hydrogens (tertiary/aromatic N) is 2. The van der Waals surface area contributed by atoms with Gasteiger partial charge in [-0.3, -0.25) is 0 Å². The fourth-order valence-electron chi connectivity index (χ4n) is 1.28. The Kier molecular flexibility index (Phi) is 3.44. The molecule has 16 heavy (non-hydrogen) atoms. The van der Waals surface area contributed by atoms with E-state index < -0.39 is 11.6 Å². The summed E-state index contributed by atoms with van der Waals surface area (Å²) in [6.45, 7) is 5.96. The predicted octanol–water partition coefficient (Wildman–Crippen LogP) is 1.03. The van der Waals surface area contributed by atoms with Crippen molar-refractivity contribution < 1.29 is 14.6 Å². The molecule has 1 heterocycles. The lowest BCUT2D eigenvalue weighted by molar-refractivity contribution is -0.0207. The van der Waals surface area contributed by atoms with Gasteiger partial charge in [-0.15, -0.1) is 0 Å². The summed E-state index contributed by atoms with van der Waals surface area (Å²) in [4.78, 5) is 18.6. The van der Waals surface area contributed by atoms with Gasteiger partial charge >= 0.3 is 5.97 Å². The third-order valence-corrected chi connectivity index (χ3v) is 2.09. The molecule has 0 saturated carbocycles. The van der Waals surface area contributed by atoms with Crippen LogP contribution in [-0.4, -0.2) is 27.7 Å². The van der Waals surface area contributed by atoms with Gasteiger partial charge in [0.2, 0.25) is 0 Å². The van der Waals surface area contributed by atoms with Gasteiger partial charge in [-0.05, 0) is 20.8 Å². The van der Waals surface area contributed by atoms with Crippen molar-refractivity contribution in [2.45, 2.75) is 26.4 Å². The fourth-order valence-corrected chi connectivity index (χ4v) is 1.28. The van der Waals surface area contributed by atoms with E-state index in [-0.39, 0.29) is 11.4 Å². The Hall–Kier alpha value is -1.69. The number of ether oxygens (including phenoxy) is 1. The first-order valence-electron chi connectivity index (χ1n) is 4.88. The Morgan fingerprint density at radius 1 is 1.62 bits per heavy atom. The molecule has 6 nitrogen and oxygen atoms in total. The second kappa shape index (κ2) is 4.44.